The third kappa shape index (κ3) is 2.78. The molecule has 1 aliphatic heterocycles. The first-order valence-electron chi connectivity index (χ1n) is 7.00. The van der Waals surface area contributed by atoms with Gasteiger partial charge in [-0.25, -0.2) is 0 Å². The molecule has 0 spiro atoms. The Morgan fingerprint density at radius 1 is 1.43 bits per heavy atom. The molecule has 21 heavy (non-hydrogen) atoms. The summed E-state index contributed by atoms with van der Waals surface area (Å²) in [6.45, 7) is 1.42. The molecule has 5 nitrogen and oxygen atoms in total. The average molecular weight is 305 g/mol. The lowest BCUT2D eigenvalue weighted by molar-refractivity contribution is 0.0780. The van der Waals surface area contributed by atoms with Gasteiger partial charge in [0.1, 0.15) is 5.82 Å². The first-order chi connectivity index (χ1) is 10.2. The van der Waals surface area contributed by atoms with Gasteiger partial charge in [-0.15, -0.1) is 21.8 Å². The van der Waals surface area contributed by atoms with Crippen molar-refractivity contribution in [2.75, 3.05) is 7.05 Å². The monoisotopic (exact) mass is 304 g/mol. The molecule has 1 amide bonds. The van der Waals surface area contributed by atoms with Crippen molar-refractivity contribution in [1.29, 1.82) is 0 Å². The molecule has 0 radical (unpaired) electrons. The van der Waals surface area contributed by atoms with Crippen molar-refractivity contribution in [3.8, 4) is 0 Å². The van der Waals surface area contributed by atoms with Crippen LogP contribution >= 0.6 is 11.6 Å². The van der Waals surface area contributed by atoms with E-state index in [2.05, 4.69) is 14.8 Å². The summed E-state index contributed by atoms with van der Waals surface area (Å²) >= 11 is 5.82. The van der Waals surface area contributed by atoms with E-state index in [1.807, 2.05) is 24.3 Å². The molecule has 0 N–H and O–H groups in total. The first kappa shape index (κ1) is 14.1. The van der Waals surface area contributed by atoms with E-state index in [4.69, 9.17) is 11.6 Å². The molecular formula is C15H17ClN4O. The van der Waals surface area contributed by atoms with E-state index in [-0.39, 0.29) is 5.91 Å². The predicted octanol–water partition coefficient (Wildman–Crippen LogP) is 2.24. The number of nitrogens with zero attached hydrogens (tertiary/aromatic N) is 4. The molecule has 0 fully saturated rings. The van der Waals surface area contributed by atoms with E-state index >= 15 is 0 Å². The Hall–Kier alpha value is -1.88. The fraction of sp³-hybridized carbons (Fsp3) is 0.400. The van der Waals surface area contributed by atoms with Gasteiger partial charge in [0.25, 0.3) is 5.91 Å². The summed E-state index contributed by atoms with van der Waals surface area (Å²) in [5.41, 5.74) is 1.59. The Kier molecular flexibility index (Phi) is 3.92. The van der Waals surface area contributed by atoms with Gasteiger partial charge in [0.15, 0.2) is 5.82 Å². The van der Waals surface area contributed by atoms with Crippen molar-refractivity contribution >= 4 is 17.5 Å². The normalized spacial score (nSPS) is 13.2. The van der Waals surface area contributed by atoms with E-state index in [1.165, 1.54) is 0 Å². The quantitative estimate of drug-likeness (QED) is 0.814. The summed E-state index contributed by atoms with van der Waals surface area (Å²) in [7, 11) is 1.78. The Morgan fingerprint density at radius 3 is 3.10 bits per heavy atom. The second kappa shape index (κ2) is 5.85. The molecule has 0 aliphatic carbocycles. The maximum Gasteiger partial charge on any atom is 0.254 e. The molecule has 1 aromatic heterocycles. The first-order valence-corrected chi connectivity index (χ1v) is 7.54. The molecule has 0 bridgehead atoms. The molecule has 3 rings (SSSR count). The number of amides is 1. The number of aromatic nitrogens is 3. The number of hydrogen-bond acceptors (Lipinski definition) is 3. The largest absolute Gasteiger partial charge is 0.334 e. The van der Waals surface area contributed by atoms with Crippen LogP contribution in [0, 0.1) is 0 Å². The van der Waals surface area contributed by atoms with Crippen LogP contribution < -0.4 is 0 Å². The summed E-state index contributed by atoms with van der Waals surface area (Å²) in [5, 5.41) is 8.35. The Balaban J connectivity index is 1.75. The van der Waals surface area contributed by atoms with E-state index < -0.39 is 0 Å². The highest BCUT2D eigenvalue weighted by Gasteiger charge is 2.20. The molecular weight excluding hydrogens is 288 g/mol. The van der Waals surface area contributed by atoms with Gasteiger partial charge in [-0.3, -0.25) is 4.79 Å². The van der Waals surface area contributed by atoms with Crippen LogP contribution in [0.1, 0.15) is 34.0 Å². The fourth-order valence-corrected chi connectivity index (χ4v) is 2.79. The number of fused-ring (bicyclic) bond motifs is 1. The highest BCUT2D eigenvalue weighted by Crippen LogP contribution is 2.16. The maximum absolute atomic E-state index is 12.5. The van der Waals surface area contributed by atoms with E-state index in [0.29, 0.717) is 18.0 Å². The van der Waals surface area contributed by atoms with Crippen LogP contribution in [-0.4, -0.2) is 32.6 Å². The smallest absolute Gasteiger partial charge is 0.254 e. The fourth-order valence-electron chi connectivity index (χ4n) is 2.62. The van der Waals surface area contributed by atoms with Gasteiger partial charge in [-0.05, 0) is 24.1 Å². The number of carbonyl (C=O) groups is 1. The third-order valence-corrected chi connectivity index (χ3v) is 4.05. The zero-order valence-electron chi connectivity index (χ0n) is 11.9. The zero-order chi connectivity index (χ0) is 14.8. The van der Waals surface area contributed by atoms with Crippen molar-refractivity contribution in [3.05, 3.63) is 47.0 Å². The molecule has 6 heteroatoms. The van der Waals surface area contributed by atoms with Crippen LogP contribution in [-0.2, 0) is 25.4 Å². The van der Waals surface area contributed by atoms with Gasteiger partial charge < -0.3 is 9.47 Å². The minimum atomic E-state index is -0.0303. The number of aryl methyl sites for hydroxylation is 1. The lowest BCUT2D eigenvalue weighted by atomic mass is 10.1. The summed E-state index contributed by atoms with van der Waals surface area (Å²) < 4.78 is 2.11. The second-order valence-electron chi connectivity index (χ2n) is 5.28. The topological polar surface area (TPSA) is 51.0 Å². The SMILES string of the molecule is CN(Cc1nnc2n1CCC2)C(=O)c1cccc(CCl)c1. The van der Waals surface area contributed by atoms with Crippen LogP contribution in [0.5, 0.6) is 0 Å². The van der Waals surface area contributed by atoms with Gasteiger partial charge in [-0.1, -0.05) is 12.1 Å². The van der Waals surface area contributed by atoms with Crippen LogP contribution in [0.25, 0.3) is 0 Å². The highest BCUT2D eigenvalue weighted by atomic mass is 35.5. The van der Waals surface area contributed by atoms with Crippen LogP contribution in [0.15, 0.2) is 24.3 Å². The van der Waals surface area contributed by atoms with E-state index in [9.17, 15) is 4.79 Å². The average Bonchev–Trinajstić information content (AvgIpc) is 3.11. The summed E-state index contributed by atoms with van der Waals surface area (Å²) in [5.74, 6) is 2.25. The lowest BCUT2D eigenvalue weighted by Gasteiger charge is -2.17. The number of rotatable bonds is 4. The van der Waals surface area contributed by atoms with Gasteiger partial charge >= 0.3 is 0 Å². The summed E-state index contributed by atoms with van der Waals surface area (Å²) in [6, 6.07) is 7.41. The second-order valence-corrected chi connectivity index (χ2v) is 5.55. The third-order valence-electron chi connectivity index (χ3n) is 3.74. The number of carbonyl (C=O) groups excluding carboxylic acids is 1. The summed E-state index contributed by atoms with van der Waals surface area (Å²) in [4.78, 5) is 14.1. The predicted molar refractivity (Wildman–Crippen MR) is 80.1 cm³/mol. The molecule has 110 valence electrons. The van der Waals surface area contributed by atoms with Crippen molar-refractivity contribution < 1.29 is 4.79 Å². The Labute approximate surface area is 128 Å². The van der Waals surface area contributed by atoms with Gasteiger partial charge in [0.05, 0.1) is 6.54 Å². The molecule has 1 aliphatic rings. The van der Waals surface area contributed by atoms with Crippen molar-refractivity contribution in [3.63, 3.8) is 0 Å². The maximum atomic E-state index is 12.5. The van der Waals surface area contributed by atoms with Crippen LogP contribution in [0.3, 0.4) is 0 Å². The van der Waals surface area contributed by atoms with Crippen LogP contribution in [0.2, 0.25) is 0 Å². The van der Waals surface area contributed by atoms with Crippen LogP contribution in [0.4, 0.5) is 0 Å². The van der Waals surface area contributed by atoms with Gasteiger partial charge in [0.2, 0.25) is 0 Å². The molecule has 0 saturated carbocycles. The molecule has 0 unspecified atom stereocenters. The zero-order valence-corrected chi connectivity index (χ0v) is 12.7. The molecule has 2 heterocycles. The number of benzene rings is 1. The van der Waals surface area contributed by atoms with E-state index in [0.717, 1.165) is 36.6 Å². The number of halogens is 1. The molecule has 0 saturated heterocycles. The molecule has 1 aromatic carbocycles. The number of hydrogen-bond donors (Lipinski definition) is 0. The van der Waals surface area contributed by atoms with Gasteiger partial charge in [0, 0.05) is 31.5 Å². The standard InChI is InChI=1S/C15H17ClN4O/c1-19(10-14-18-17-13-6-3-7-20(13)14)15(21)12-5-2-4-11(8-12)9-16/h2,4-5,8H,3,6-7,9-10H2,1H3. The molecule has 0 atom stereocenters. The van der Waals surface area contributed by atoms with Crippen molar-refractivity contribution in [2.45, 2.75) is 31.8 Å². The minimum absolute atomic E-state index is 0.0303. The van der Waals surface area contributed by atoms with E-state index in [1.54, 1.807) is 11.9 Å². The van der Waals surface area contributed by atoms with Gasteiger partial charge in [-0.2, -0.15) is 0 Å². The minimum Gasteiger partial charge on any atom is -0.334 e. The molecule has 2 aromatic rings. The Bertz CT molecular complexity index is 667. The highest BCUT2D eigenvalue weighted by molar-refractivity contribution is 6.17. The Morgan fingerprint density at radius 2 is 2.29 bits per heavy atom. The lowest BCUT2D eigenvalue weighted by Crippen LogP contribution is -2.27. The van der Waals surface area contributed by atoms with Crippen molar-refractivity contribution in [2.24, 2.45) is 0 Å². The number of alkyl halides is 1. The van der Waals surface area contributed by atoms with Crippen molar-refractivity contribution in [1.82, 2.24) is 19.7 Å². The summed E-state index contributed by atoms with van der Waals surface area (Å²) in [6.07, 6.45) is 2.08.